The predicted molar refractivity (Wildman–Crippen MR) is 97.7 cm³/mol. The maximum absolute atomic E-state index is 12.9. The van der Waals surface area contributed by atoms with Gasteiger partial charge in [0.15, 0.2) is 5.60 Å². The Labute approximate surface area is 147 Å². The number of carbonyl (C=O) groups excluding carboxylic acids is 1. The second-order valence-corrected chi connectivity index (χ2v) is 6.43. The fraction of sp³-hybridized carbons (Fsp3) is 0.286. The van der Waals surface area contributed by atoms with E-state index in [0.717, 1.165) is 29.8 Å². The molecule has 0 unspecified atom stereocenters. The molecule has 0 N–H and O–H groups in total. The zero-order chi connectivity index (χ0) is 17.3. The minimum atomic E-state index is -0.689. The zero-order valence-electron chi connectivity index (χ0n) is 14.2. The summed E-state index contributed by atoms with van der Waals surface area (Å²) in [5, 5.41) is 0. The van der Waals surface area contributed by atoms with E-state index in [1.165, 1.54) is 0 Å². The second kappa shape index (κ2) is 6.37. The first-order valence-corrected chi connectivity index (χ1v) is 8.59. The van der Waals surface area contributed by atoms with Gasteiger partial charge in [0, 0.05) is 12.3 Å². The summed E-state index contributed by atoms with van der Waals surface area (Å²) in [6, 6.07) is 17.6. The van der Waals surface area contributed by atoms with Gasteiger partial charge in [-0.1, -0.05) is 42.5 Å². The van der Waals surface area contributed by atoms with Gasteiger partial charge >= 0.3 is 0 Å². The molecule has 1 amide bonds. The van der Waals surface area contributed by atoms with Crippen LogP contribution in [0.2, 0.25) is 0 Å². The minimum absolute atomic E-state index is 0.0536. The Morgan fingerprint density at radius 1 is 1.16 bits per heavy atom. The highest BCUT2D eigenvalue weighted by Crippen LogP contribution is 2.45. The summed E-state index contributed by atoms with van der Waals surface area (Å²) in [6.07, 6.45) is 5.86. The molecule has 1 spiro atoms. The summed E-state index contributed by atoms with van der Waals surface area (Å²) in [5.74, 6) is 0.831. The largest absolute Gasteiger partial charge is 0.497 e. The average molecular weight is 335 g/mol. The van der Waals surface area contributed by atoms with Gasteiger partial charge in [0.25, 0.3) is 5.91 Å². The summed E-state index contributed by atoms with van der Waals surface area (Å²) in [7, 11) is 1.64. The van der Waals surface area contributed by atoms with Crippen molar-refractivity contribution in [3.63, 3.8) is 0 Å². The molecular weight excluding hydrogens is 314 g/mol. The number of amides is 1. The first kappa shape index (κ1) is 15.9. The van der Waals surface area contributed by atoms with Crippen molar-refractivity contribution in [3.05, 3.63) is 66.2 Å². The molecule has 2 fully saturated rings. The van der Waals surface area contributed by atoms with Crippen LogP contribution in [-0.4, -0.2) is 31.3 Å². The van der Waals surface area contributed by atoms with Crippen molar-refractivity contribution in [1.29, 1.82) is 0 Å². The number of rotatable bonds is 4. The number of anilines is 1. The van der Waals surface area contributed by atoms with Crippen LogP contribution in [0, 0.1) is 0 Å². The molecule has 128 valence electrons. The second-order valence-electron chi connectivity index (χ2n) is 6.43. The molecule has 2 atom stereocenters. The Kier molecular flexibility index (Phi) is 4.06. The van der Waals surface area contributed by atoms with Gasteiger partial charge < -0.3 is 9.47 Å². The van der Waals surface area contributed by atoms with Gasteiger partial charge in [0.2, 0.25) is 0 Å². The molecular formula is C21H21NO3. The number of benzene rings is 2. The lowest BCUT2D eigenvalue weighted by Gasteiger charge is -2.52. The summed E-state index contributed by atoms with van der Waals surface area (Å²) in [5.41, 5.74) is 1.30. The molecule has 2 saturated heterocycles. The SMILES string of the molecule is COc1ccc(N2C(=O)[C@@]3(CCCO3)[C@H]2/C=C/c2ccccc2)cc1. The minimum Gasteiger partial charge on any atom is -0.497 e. The molecule has 0 aromatic heterocycles. The molecule has 4 nitrogen and oxygen atoms in total. The third-order valence-electron chi connectivity index (χ3n) is 5.01. The van der Waals surface area contributed by atoms with Crippen molar-refractivity contribution in [2.24, 2.45) is 0 Å². The van der Waals surface area contributed by atoms with Crippen molar-refractivity contribution >= 4 is 17.7 Å². The number of β-lactam (4-membered cyclic amide) rings is 1. The molecule has 0 aliphatic carbocycles. The van der Waals surface area contributed by atoms with E-state index >= 15 is 0 Å². The normalized spacial score (nSPS) is 25.6. The van der Waals surface area contributed by atoms with E-state index < -0.39 is 5.60 Å². The lowest BCUT2D eigenvalue weighted by molar-refractivity contribution is -0.152. The number of hydrogen-bond donors (Lipinski definition) is 0. The van der Waals surface area contributed by atoms with Crippen LogP contribution >= 0.6 is 0 Å². The van der Waals surface area contributed by atoms with Gasteiger partial charge in [-0.25, -0.2) is 0 Å². The predicted octanol–water partition coefficient (Wildman–Crippen LogP) is 3.67. The van der Waals surface area contributed by atoms with Gasteiger partial charge in [-0.2, -0.15) is 0 Å². The van der Waals surface area contributed by atoms with Crippen molar-refractivity contribution in [2.75, 3.05) is 18.6 Å². The van der Waals surface area contributed by atoms with E-state index in [1.807, 2.05) is 47.4 Å². The Balaban J connectivity index is 1.65. The fourth-order valence-corrected chi connectivity index (χ4v) is 3.69. The smallest absolute Gasteiger partial charge is 0.262 e. The van der Waals surface area contributed by atoms with E-state index in [2.05, 4.69) is 24.3 Å². The zero-order valence-corrected chi connectivity index (χ0v) is 14.2. The van der Waals surface area contributed by atoms with Crippen LogP contribution in [-0.2, 0) is 9.53 Å². The fourth-order valence-electron chi connectivity index (χ4n) is 3.69. The van der Waals surface area contributed by atoms with Crippen LogP contribution in [0.5, 0.6) is 5.75 Å². The Morgan fingerprint density at radius 3 is 2.56 bits per heavy atom. The van der Waals surface area contributed by atoms with E-state index in [9.17, 15) is 4.79 Å². The monoisotopic (exact) mass is 335 g/mol. The maximum Gasteiger partial charge on any atom is 0.262 e. The standard InChI is InChI=1S/C21H21NO3/c1-24-18-11-9-17(10-12-18)22-19(13-8-16-6-3-2-4-7-16)21(20(22)23)14-5-15-25-21/h2-4,6-13,19H,5,14-15H2,1H3/b13-8+/t19-,21-/m1/s1. The molecule has 2 aromatic rings. The van der Waals surface area contributed by atoms with Gasteiger partial charge in [0.05, 0.1) is 13.2 Å². The third kappa shape index (κ3) is 2.63. The summed E-state index contributed by atoms with van der Waals surface area (Å²) < 4.78 is 11.1. The Bertz CT molecular complexity index is 777. The van der Waals surface area contributed by atoms with E-state index in [4.69, 9.17) is 9.47 Å². The van der Waals surface area contributed by atoms with Gasteiger partial charge in [-0.15, -0.1) is 0 Å². The molecule has 4 heteroatoms. The molecule has 2 aliphatic heterocycles. The molecule has 0 radical (unpaired) electrons. The molecule has 4 rings (SSSR count). The molecule has 2 heterocycles. The molecule has 0 bridgehead atoms. The highest BCUT2D eigenvalue weighted by atomic mass is 16.5. The van der Waals surface area contributed by atoms with Crippen LogP contribution in [0.25, 0.3) is 6.08 Å². The summed E-state index contributed by atoms with van der Waals surface area (Å²) in [4.78, 5) is 14.7. The average Bonchev–Trinajstić information content (AvgIpc) is 3.18. The van der Waals surface area contributed by atoms with Gasteiger partial charge in [-0.05, 0) is 42.7 Å². The summed E-state index contributed by atoms with van der Waals surface area (Å²) in [6.45, 7) is 0.651. The molecule has 2 aromatic carbocycles. The van der Waals surface area contributed by atoms with E-state index in [1.54, 1.807) is 7.11 Å². The molecule has 25 heavy (non-hydrogen) atoms. The first-order chi connectivity index (χ1) is 12.2. The number of hydrogen-bond acceptors (Lipinski definition) is 3. The van der Waals surface area contributed by atoms with Gasteiger partial charge in [-0.3, -0.25) is 9.69 Å². The maximum atomic E-state index is 12.9. The lowest BCUT2D eigenvalue weighted by atomic mass is 9.79. The van der Waals surface area contributed by atoms with Crippen LogP contribution in [0.3, 0.4) is 0 Å². The molecule has 0 saturated carbocycles. The third-order valence-corrected chi connectivity index (χ3v) is 5.01. The van der Waals surface area contributed by atoms with Crippen molar-refractivity contribution < 1.29 is 14.3 Å². The van der Waals surface area contributed by atoms with Crippen molar-refractivity contribution in [3.8, 4) is 5.75 Å². The van der Waals surface area contributed by atoms with E-state index in [-0.39, 0.29) is 11.9 Å². The summed E-state index contributed by atoms with van der Waals surface area (Å²) >= 11 is 0. The quantitative estimate of drug-likeness (QED) is 0.800. The topological polar surface area (TPSA) is 38.8 Å². The highest BCUT2D eigenvalue weighted by molar-refractivity contribution is 6.09. The first-order valence-electron chi connectivity index (χ1n) is 8.59. The Morgan fingerprint density at radius 2 is 1.92 bits per heavy atom. The highest BCUT2D eigenvalue weighted by Gasteiger charge is 2.62. The Hall–Kier alpha value is -2.59. The number of carbonyl (C=O) groups is 1. The van der Waals surface area contributed by atoms with Crippen LogP contribution in [0.4, 0.5) is 5.69 Å². The van der Waals surface area contributed by atoms with Crippen LogP contribution in [0.15, 0.2) is 60.7 Å². The number of nitrogens with zero attached hydrogens (tertiary/aromatic N) is 1. The van der Waals surface area contributed by atoms with Crippen LogP contribution in [0.1, 0.15) is 18.4 Å². The number of ether oxygens (including phenoxy) is 2. The van der Waals surface area contributed by atoms with Crippen LogP contribution < -0.4 is 9.64 Å². The van der Waals surface area contributed by atoms with Crippen molar-refractivity contribution in [1.82, 2.24) is 0 Å². The van der Waals surface area contributed by atoms with Gasteiger partial charge in [0.1, 0.15) is 5.75 Å². The number of methoxy groups -OCH3 is 1. The van der Waals surface area contributed by atoms with E-state index in [0.29, 0.717) is 6.61 Å². The molecule has 2 aliphatic rings. The van der Waals surface area contributed by atoms with Crippen molar-refractivity contribution in [2.45, 2.75) is 24.5 Å². The lowest BCUT2D eigenvalue weighted by Crippen LogP contribution is -2.73.